The fourth-order valence-corrected chi connectivity index (χ4v) is 2.08. The summed E-state index contributed by atoms with van der Waals surface area (Å²) in [5, 5.41) is 0.720. The maximum atomic E-state index is 6.02. The molecule has 1 aliphatic rings. The van der Waals surface area contributed by atoms with Crippen molar-refractivity contribution in [1.29, 1.82) is 0 Å². The van der Waals surface area contributed by atoms with Gasteiger partial charge >= 0.3 is 0 Å². The molecular weight excluding hydrogens is 196 g/mol. The van der Waals surface area contributed by atoms with Crippen molar-refractivity contribution in [2.45, 2.75) is 38.2 Å². The highest BCUT2D eigenvalue weighted by molar-refractivity contribution is 6.32. The van der Waals surface area contributed by atoms with Crippen molar-refractivity contribution >= 4 is 11.6 Å². The van der Waals surface area contributed by atoms with Crippen LogP contribution in [0.5, 0.6) is 5.75 Å². The van der Waals surface area contributed by atoms with Gasteiger partial charge < -0.3 is 4.74 Å². The van der Waals surface area contributed by atoms with Gasteiger partial charge in [0.1, 0.15) is 5.75 Å². The van der Waals surface area contributed by atoms with Crippen molar-refractivity contribution in [1.82, 2.24) is 0 Å². The van der Waals surface area contributed by atoms with Crippen LogP contribution in [0.2, 0.25) is 5.02 Å². The quantitative estimate of drug-likeness (QED) is 0.716. The van der Waals surface area contributed by atoms with Gasteiger partial charge in [0, 0.05) is 0 Å². The van der Waals surface area contributed by atoms with Crippen LogP contribution in [-0.4, -0.2) is 6.10 Å². The molecule has 76 valence electrons. The van der Waals surface area contributed by atoms with E-state index in [0.29, 0.717) is 6.10 Å². The van der Waals surface area contributed by atoms with Crippen LogP contribution >= 0.6 is 11.6 Å². The van der Waals surface area contributed by atoms with Crippen LogP contribution in [0.1, 0.15) is 32.1 Å². The van der Waals surface area contributed by atoms with Crippen LogP contribution < -0.4 is 4.74 Å². The fourth-order valence-electron chi connectivity index (χ4n) is 1.90. The molecule has 14 heavy (non-hydrogen) atoms. The number of para-hydroxylation sites is 1. The summed E-state index contributed by atoms with van der Waals surface area (Å²) in [5.74, 6) is 0.834. The van der Waals surface area contributed by atoms with Gasteiger partial charge in [-0.3, -0.25) is 0 Å². The summed E-state index contributed by atoms with van der Waals surface area (Å²) in [6, 6.07) is 7.71. The predicted octanol–water partition coefficient (Wildman–Crippen LogP) is 4.05. The van der Waals surface area contributed by atoms with Gasteiger partial charge in [-0.25, -0.2) is 0 Å². The van der Waals surface area contributed by atoms with Gasteiger partial charge in [0.25, 0.3) is 0 Å². The lowest BCUT2D eigenvalue weighted by atomic mass is 9.98. The fraction of sp³-hybridized carbons (Fsp3) is 0.500. The Balaban J connectivity index is 1.99. The first-order chi connectivity index (χ1) is 6.86. The summed E-state index contributed by atoms with van der Waals surface area (Å²) in [4.78, 5) is 0. The van der Waals surface area contributed by atoms with Gasteiger partial charge in [0.15, 0.2) is 0 Å². The van der Waals surface area contributed by atoms with Gasteiger partial charge in [0.05, 0.1) is 11.1 Å². The van der Waals surface area contributed by atoms with Crippen LogP contribution in [0, 0.1) is 0 Å². The normalized spacial score (nSPS) is 18.1. The molecular formula is C12H15ClO. The van der Waals surface area contributed by atoms with Crippen LogP contribution in [0.15, 0.2) is 24.3 Å². The SMILES string of the molecule is Clc1ccccc1OC1CCCCC1. The molecule has 1 nitrogen and oxygen atoms in total. The molecule has 0 saturated heterocycles. The van der Waals surface area contributed by atoms with E-state index in [2.05, 4.69) is 0 Å². The van der Waals surface area contributed by atoms with Crippen molar-refractivity contribution in [2.24, 2.45) is 0 Å². The van der Waals surface area contributed by atoms with E-state index in [9.17, 15) is 0 Å². The Morgan fingerprint density at radius 1 is 1.07 bits per heavy atom. The molecule has 0 radical (unpaired) electrons. The highest BCUT2D eigenvalue weighted by atomic mass is 35.5. The Labute approximate surface area is 90.0 Å². The molecule has 1 aromatic carbocycles. The van der Waals surface area contributed by atoms with E-state index in [1.165, 1.54) is 32.1 Å². The van der Waals surface area contributed by atoms with Crippen LogP contribution in [0.4, 0.5) is 0 Å². The number of halogens is 1. The monoisotopic (exact) mass is 210 g/mol. The molecule has 2 heteroatoms. The number of rotatable bonds is 2. The van der Waals surface area contributed by atoms with Gasteiger partial charge in [-0.2, -0.15) is 0 Å². The zero-order chi connectivity index (χ0) is 9.80. The Morgan fingerprint density at radius 3 is 2.50 bits per heavy atom. The van der Waals surface area contributed by atoms with E-state index in [4.69, 9.17) is 16.3 Å². The number of hydrogen-bond acceptors (Lipinski definition) is 1. The van der Waals surface area contributed by atoms with Crippen molar-refractivity contribution in [2.75, 3.05) is 0 Å². The smallest absolute Gasteiger partial charge is 0.138 e. The van der Waals surface area contributed by atoms with E-state index >= 15 is 0 Å². The summed E-state index contributed by atoms with van der Waals surface area (Å²) in [5.41, 5.74) is 0. The second-order valence-corrected chi connectivity index (χ2v) is 4.22. The van der Waals surface area contributed by atoms with Crippen molar-refractivity contribution in [3.63, 3.8) is 0 Å². The molecule has 0 amide bonds. The van der Waals surface area contributed by atoms with Gasteiger partial charge in [-0.1, -0.05) is 30.2 Å². The number of ether oxygens (including phenoxy) is 1. The first kappa shape index (κ1) is 9.85. The third-order valence-corrected chi connectivity index (χ3v) is 2.99. The summed E-state index contributed by atoms with van der Waals surface area (Å²) in [6.45, 7) is 0. The molecule has 2 rings (SSSR count). The molecule has 0 heterocycles. The number of benzene rings is 1. The molecule has 0 bridgehead atoms. The Kier molecular flexibility index (Phi) is 3.30. The minimum absolute atomic E-state index is 0.378. The Morgan fingerprint density at radius 2 is 1.79 bits per heavy atom. The third-order valence-electron chi connectivity index (χ3n) is 2.68. The molecule has 0 unspecified atom stereocenters. The molecule has 1 saturated carbocycles. The van der Waals surface area contributed by atoms with Gasteiger partial charge in [0.2, 0.25) is 0 Å². The van der Waals surface area contributed by atoms with Crippen LogP contribution in [0.3, 0.4) is 0 Å². The summed E-state index contributed by atoms with van der Waals surface area (Å²) >= 11 is 6.02. The first-order valence-corrected chi connectivity index (χ1v) is 5.65. The highest BCUT2D eigenvalue weighted by Gasteiger charge is 2.15. The molecule has 1 aromatic rings. The van der Waals surface area contributed by atoms with Crippen LogP contribution in [0.25, 0.3) is 0 Å². The molecule has 0 N–H and O–H groups in total. The standard InChI is InChI=1S/C12H15ClO/c13-11-8-4-5-9-12(11)14-10-6-2-1-3-7-10/h4-5,8-10H,1-3,6-7H2. The van der Waals surface area contributed by atoms with Crippen molar-refractivity contribution < 1.29 is 4.74 Å². The topological polar surface area (TPSA) is 9.23 Å². The molecule has 0 atom stereocenters. The van der Waals surface area contributed by atoms with E-state index in [0.717, 1.165) is 10.8 Å². The molecule has 0 aliphatic heterocycles. The highest BCUT2D eigenvalue weighted by Crippen LogP contribution is 2.28. The average Bonchev–Trinajstić information content (AvgIpc) is 2.23. The van der Waals surface area contributed by atoms with E-state index in [-0.39, 0.29) is 0 Å². The van der Waals surface area contributed by atoms with E-state index in [1.807, 2.05) is 24.3 Å². The van der Waals surface area contributed by atoms with Crippen molar-refractivity contribution in [3.8, 4) is 5.75 Å². The van der Waals surface area contributed by atoms with Crippen LogP contribution in [-0.2, 0) is 0 Å². The minimum atomic E-state index is 0.378. The first-order valence-electron chi connectivity index (χ1n) is 5.27. The average molecular weight is 211 g/mol. The molecule has 1 fully saturated rings. The third kappa shape index (κ3) is 2.42. The Hall–Kier alpha value is -0.690. The summed E-state index contributed by atoms with van der Waals surface area (Å²) < 4.78 is 5.85. The maximum Gasteiger partial charge on any atom is 0.138 e. The Bertz CT molecular complexity index is 292. The van der Waals surface area contributed by atoms with Gasteiger partial charge in [-0.05, 0) is 37.8 Å². The lowest BCUT2D eigenvalue weighted by molar-refractivity contribution is 0.155. The van der Waals surface area contributed by atoms with E-state index < -0.39 is 0 Å². The lowest BCUT2D eigenvalue weighted by Gasteiger charge is -2.23. The largest absolute Gasteiger partial charge is 0.489 e. The zero-order valence-electron chi connectivity index (χ0n) is 8.21. The lowest BCUT2D eigenvalue weighted by Crippen LogP contribution is -2.19. The summed E-state index contributed by atoms with van der Waals surface area (Å²) in [7, 11) is 0. The maximum absolute atomic E-state index is 6.02. The number of hydrogen-bond donors (Lipinski definition) is 0. The molecule has 0 spiro atoms. The van der Waals surface area contributed by atoms with Crippen molar-refractivity contribution in [3.05, 3.63) is 29.3 Å². The second-order valence-electron chi connectivity index (χ2n) is 3.81. The zero-order valence-corrected chi connectivity index (χ0v) is 8.96. The predicted molar refractivity (Wildman–Crippen MR) is 59.0 cm³/mol. The van der Waals surface area contributed by atoms with Gasteiger partial charge in [-0.15, -0.1) is 0 Å². The van der Waals surface area contributed by atoms with E-state index in [1.54, 1.807) is 0 Å². The summed E-state index contributed by atoms with van der Waals surface area (Å²) in [6.07, 6.45) is 6.65. The molecule has 1 aliphatic carbocycles. The minimum Gasteiger partial charge on any atom is -0.489 e. The second kappa shape index (κ2) is 4.70. The molecule has 0 aromatic heterocycles.